The molecule has 0 aliphatic carbocycles. The fraction of sp³-hybridized carbons (Fsp3) is 0.500. The van der Waals surface area contributed by atoms with E-state index < -0.39 is 36.2 Å². The van der Waals surface area contributed by atoms with Gasteiger partial charge in [0.05, 0.1) is 6.54 Å². The van der Waals surface area contributed by atoms with Crippen molar-refractivity contribution in [3.05, 3.63) is 33.2 Å². The van der Waals surface area contributed by atoms with Crippen LogP contribution in [0.25, 0.3) is 0 Å². The Labute approximate surface area is 126 Å². The van der Waals surface area contributed by atoms with E-state index in [0.29, 0.717) is 4.47 Å². The summed E-state index contributed by atoms with van der Waals surface area (Å²) >= 11 is 3.14. The number of aromatic nitrogens is 1. The van der Waals surface area contributed by atoms with Gasteiger partial charge in [-0.15, -0.1) is 0 Å². The van der Waals surface area contributed by atoms with Gasteiger partial charge in [-0.3, -0.25) is 9.59 Å². The van der Waals surface area contributed by atoms with Gasteiger partial charge in [0, 0.05) is 29.7 Å². The van der Waals surface area contributed by atoms with Crippen molar-refractivity contribution in [3.63, 3.8) is 0 Å². The van der Waals surface area contributed by atoms with Crippen molar-refractivity contribution < 1.29 is 23.1 Å². The van der Waals surface area contributed by atoms with E-state index in [2.05, 4.69) is 15.9 Å². The maximum atomic E-state index is 12.7. The van der Waals surface area contributed by atoms with Gasteiger partial charge >= 0.3 is 6.18 Å². The van der Waals surface area contributed by atoms with Crippen LogP contribution in [0.15, 0.2) is 27.6 Å². The minimum Gasteiger partial charge on any atom is -0.379 e. The number of aliphatic hydroxyl groups is 1. The molecule has 116 valence electrons. The van der Waals surface area contributed by atoms with Crippen molar-refractivity contribution in [1.82, 2.24) is 9.47 Å². The first kappa shape index (κ1) is 16.0. The molecular weight excluding hydrogens is 357 g/mol. The van der Waals surface area contributed by atoms with E-state index in [1.807, 2.05) is 0 Å². The Morgan fingerprint density at radius 1 is 1.43 bits per heavy atom. The highest BCUT2D eigenvalue weighted by molar-refractivity contribution is 9.10. The quantitative estimate of drug-likeness (QED) is 0.851. The van der Waals surface area contributed by atoms with Crippen LogP contribution in [0.2, 0.25) is 0 Å². The Morgan fingerprint density at radius 2 is 2.10 bits per heavy atom. The second-order valence-corrected chi connectivity index (χ2v) is 5.82. The second-order valence-electron chi connectivity index (χ2n) is 4.91. The zero-order valence-corrected chi connectivity index (χ0v) is 12.3. The van der Waals surface area contributed by atoms with Crippen molar-refractivity contribution in [2.75, 3.05) is 13.1 Å². The second kappa shape index (κ2) is 5.45. The van der Waals surface area contributed by atoms with Gasteiger partial charge in [-0.1, -0.05) is 0 Å². The van der Waals surface area contributed by atoms with Crippen molar-refractivity contribution in [2.24, 2.45) is 0 Å². The molecule has 1 aliphatic rings. The summed E-state index contributed by atoms with van der Waals surface area (Å²) in [4.78, 5) is 24.4. The van der Waals surface area contributed by atoms with E-state index >= 15 is 0 Å². The van der Waals surface area contributed by atoms with Crippen molar-refractivity contribution in [3.8, 4) is 0 Å². The van der Waals surface area contributed by atoms with Gasteiger partial charge in [-0.25, -0.2) is 0 Å². The molecule has 0 bridgehead atoms. The van der Waals surface area contributed by atoms with Gasteiger partial charge < -0.3 is 14.6 Å². The molecular formula is C12H12BrF3N2O3. The van der Waals surface area contributed by atoms with Crippen LogP contribution >= 0.6 is 15.9 Å². The first-order valence-electron chi connectivity index (χ1n) is 6.05. The summed E-state index contributed by atoms with van der Waals surface area (Å²) in [5.41, 5.74) is -3.30. The lowest BCUT2D eigenvalue weighted by atomic mass is 10.0. The topological polar surface area (TPSA) is 62.5 Å². The smallest absolute Gasteiger partial charge is 0.379 e. The maximum absolute atomic E-state index is 12.7. The normalized spacial score (nSPS) is 22.6. The number of likely N-dealkylation sites (tertiary alicyclic amines) is 1. The summed E-state index contributed by atoms with van der Waals surface area (Å²) in [6.07, 6.45) is -3.96. The van der Waals surface area contributed by atoms with Gasteiger partial charge in [0.1, 0.15) is 6.54 Å². The lowest BCUT2D eigenvalue weighted by molar-refractivity contribution is -0.253. The number of hydrogen-bond acceptors (Lipinski definition) is 3. The minimum atomic E-state index is -4.78. The first-order valence-corrected chi connectivity index (χ1v) is 6.84. The summed E-state index contributed by atoms with van der Waals surface area (Å²) in [5, 5.41) is 9.52. The maximum Gasteiger partial charge on any atom is 0.419 e. The number of nitrogens with zero attached hydrogens (tertiary/aromatic N) is 2. The number of rotatable bonds is 2. The van der Waals surface area contributed by atoms with Crippen LogP contribution in [-0.2, 0) is 11.3 Å². The number of carbonyl (C=O) groups excluding carboxylic acids is 1. The van der Waals surface area contributed by atoms with E-state index in [9.17, 15) is 27.9 Å². The number of pyridine rings is 1. The number of amides is 1. The third-order valence-corrected chi connectivity index (χ3v) is 3.85. The van der Waals surface area contributed by atoms with E-state index in [0.717, 1.165) is 9.47 Å². The standard InChI is InChI=1S/C12H12BrF3N2O3/c13-8-1-2-9(19)18(5-8)6-10(20)17-4-3-11(21,7-17)12(14,15)16/h1-2,5,21H,3-4,6-7H2. The average Bonchev–Trinajstić information content (AvgIpc) is 2.77. The molecule has 1 N–H and O–H groups in total. The van der Waals surface area contributed by atoms with Crippen LogP contribution in [0.3, 0.4) is 0 Å². The molecule has 9 heteroatoms. The third-order valence-electron chi connectivity index (χ3n) is 3.38. The minimum absolute atomic E-state index is 0.197. The molecule has 1 amide bonds. The molecule has 1 aromatic rings. The number of alkyl halides is 3. The van der Waals surface area contributed by atoms with Crippen LogP contribution in [0.5, 0.6) is 0 Å². The largest absolute Gasteiger partial charge is 0.419 e. The Balaban J connectivity index is 2.09. The Bertz CT molecular complexity index is 617. The number of carbonyl (C=O) groups is 1. The van der Waals surface area contributed by atoms with E-state index in [-0.39, 0.29) is 13.1 Å². The predicted octanol–water partition coefficient (Wildman–Crippen LogP) is 1.14. The number of β-amino-alcohol motifs (C(OH)–C–C–N with tert-alkyl or cyclic N) is 1. The lowest BCUT2D eigenvalue weighted by Crippen LogP contribution is -2.48. The summed E-state index contributed by atoms with van der Waals surface area (Å²) in [6.45, 7) is -1.37. The van der Waals surface area contributed by atoms with Crippen molar-refractivity contribution >= 4 is 21.8 Å². The molecule has 1 saturated heterocycles. The SMILES string of the molecule is O=C(Cn1cc(Br)ccc1=O)N1CCC(O)(C(F)(F)F)C1. The molecule has 2 heterocycles. The zero-order chi connectivity index (χ0) is 15.8. The monoisotopic (exact) mass is 368 g/mol. The summed E-state index contributed by atoms with van der Waals surface area (Å²) in [7, 11) is 0. The highest BCUT2D eigenvalue weighted by Crippen LogP contribution is 2.37. The first-order chi connectivity index (χ1) is 9.62. The molecule has 1 unspecified atom stereocenters. The molecule has 2 rings (SSSR count). The third kappa shape index (κ3) is 3.29. The van der Waals surface area contributed by atoms with Gasteiger partial charge in [0.2, 0.25) is 5.91 Å². The molecule has 0 spiro atoms. The fourth-order valence-electron chi connectivity index (χ4n) is 2.11. The van der Waals surface area contributed by atoms with Gasteiger partial charge in [0.25, 0.3) is 5.56 Å². The molecule has 5 nitrogen and oxygen atoms in total. The lowest BCUT2D eigenvalue weighted by Gasteiger charge is -2.26. The molecule has 0 aromatic carbocycles. The van der Waals surface area contributed by atoms with E-state index in [1.54, 1.807) is 0 Å². The fourth-order valence-corrected chi connectivity index (χ4v) is 2.49. The van der Waals surface area contributed by atoms with E-state index in [1.165, 1.54) is 18.3 Å². The number of hydrogen-bond donors (Lipinski definition) is 1. The van der Waals surface area contributed by atoms with Crippen molar-refractivity contribution in [2.45, 2.75) is 24.7 Å². The van der Waals surface area contributed by atoms with E-state index in [4.69, 9.17) is 0 Å². The van der Waals surface area contributed by atoms with Crippen LogP contribution in [0.1, 0.15) is 6.42 Å². The van der Waals surface area contributed by atoms with Crippen LogP contribution < -0.4 is 5.56 Å². The van der Waals surface area contributed by atoms with Crippen LogP contribution in [-0.4, -0.2) is 45.3 Å². The zero-order valence-electron chi connectivity index (χ0n) is 10.7. The summed E-state index contributed by atoms with van der Waals surface area (Å²) < 4.78 is 39.7. The van der Waals surface area contributed by atoms with Crippen LogP contribution in [0, 0.1) is 0 Å². The Kier molecular flexibility index (Phi) is 4.16. The molecule has 1 aliphatic heterocycles. The Hall–Kier alpha value is -1.35. The van der Waals surface area contributed by atoms with Gasteiger partial charge in [-0.05, 0) is 22.0 Å². The summed E-state index contributed by atoms with van der Waals surface area (Å²) in [6, 6.07) is 2.75. The van der Waals surface area contributed by atoms with Gasteiger partial charge in [0.15, 0.2) is 5.60 Å². The van der Waals surface area contributed by atoms with Gasteiger partial charge in [-0.2, -0.15) is 13.2 Å². The molecule has 0 radical (unpaired) electrons. The molecule has 1 aromatic heterocycles. The highest BCUT2D eigenvalue weighted by atomic mass is 79.9. The highest BCUT2D eigenvalue weighted by Gasteiger charge is 2.57. The molecule has 0 saturated carbocycles. The Morgan fingerprint density at radius 3 is 2.67 bits per heavy atom. The molecule has 1 atom stereocenters. The predicted molar refractivity (Wildman–Crippen MR) is 70.6 cm³/mol. The molecule has 1 fully saturated rings. The number of halogens is 4. The average molecular weight is 369 g/mol. The summed E-state index contributed by atoms with van der Waals surface area (Å²) in [5.74, 6) is -0.643. The van der Waals surface area contributed by atoms with Crippen LogP contribution in [0.4, 0.5) is 13.2 Å². The van der Waals surface area contributed by atoms with Crippen molar-refractivity contribution in [1.29, 1.82) is 0 Å². The molecule has 21 heavy (non-hydrogen) atoms.